The summed E-state index contributed by atoms with van der Waals surface area (Å²) in [5.74, 6) is -1.19. The number of aryl methyl sites for hydroxylation is 1. The standard InChI is InChI=1S/C15H18FNO3/c1-3-20-14(18)9-17(12-6-7-12)15(19)13-8-11(16)5-4-10(13)2/h4-5,8,12H,3,6-7,9H2,1-2H3. The first-order valence-corrected chi connectivity index (χ1v) is 6.75. The minimum atomic E-state index is -0.453. The molecule has 0 unspecified atom stereocenters. The summed E-state index contributed by atoms with van der Waals surface area (Å²) < 4.78 is 18.2. The third kappa shape index (κ3) is 3.35. The molecule has 108 valence electrons. The van der Waals surface area contributed by atoms with Gasteiger partial charge in [0.05, 0.1) is 6.61 Å². The second-order valence-electron chi connectivity index (χ2n) is 4.93. The van der Waals surface area contributed by atoms with Crippen molar-refractivity contribution in [2.75, 3.05) is 13.2 Å². The second kappa shape index (κ2) is 6.03. The molecule has 0 aliphatic heterocycles. The Morgan fingerprint density at radius 2 is 2.10 bits per heavy atom. The zero-order valence-corrected chi connectivity index (χ0v) is 11.7. The van der Waals surface area contributed by atoms with Crippen molar-refractivity contribution in [3.8, 4) is 0 Å². The van der Waals surface area contributed by atoms with Crippen molar-refractivity contribution in [1.29, 1.82) is 0 Å². The summed E-state index contributed by atoms with van der Waals surface area (Å²) in [6, 6.07) is 4.17. The molecule has 1 amide bonds. The van der Waals surface area contributed by atoms with E-state index in [-0.39, 0.29) is 25.1 Å². The first-order chi connectivity index (χ1) is 9.52. The summed E-state index contributed by atoms with van der Waals surface area (Å²) in [4.78, 5) is 25.6. The molecule has 0 N–H and O–H groups in total. The first-order valence-electron chi connectivity index (χ1n) is 6.75. The number of nitrogens with zero attached hydrogens (tertiary/aromatic N) is 1. The van der Waals surface area contributed by atoms with E-state index in [0.29, 0.717) is 11.1 Å². The van der Waals surface area contributed by atoms with E-state index >= 15 is 0 Å². The summed E-state index contributed by atoms with van der Waals surface area (Å²) >= 11 is 0. The number of carbonyl (C=O) groups is 2. The maximum absolute atomic E-state index is 13.3. The topological polar surface area (TPSA) is 46.6 Å². The summed E-state index contributed by atoms with van der Waals surface area (Å²) in [5.41, 5.74) is 1.01. The van der Waals surface area contributed by atoms with Gasteiger partial charge >= 0.3 is 5.97 Å². The van der Waals surface area contributed by atoms with Crippen LogP contribution >= 0.6 is 0 Å². The molecule has 1 aromatic carbocycles. The zero-order valence-electron chi connectivity index (χ0n) is 11.7. The minimum absolute atomic E-state index is 0.0644. The average molecular weight is 279 g/mol. The van der Waals surface area contributed by atoms with Crippen molar-refractivity contribution < 1.29 is 18.7 Å². The summed E-state index contributed by atoms with van der Waals surface area (Å²) in [6.07, 6.45) is 1.75. The van der Waals surface area contributed by atoms with E-state index in [0.717, 1.165) is 12.8 Å². The third-order valence-electron chi connectivity index (χ3n) is 3.28. The van der Waals surface area contributed by atoms with E-state index in [1.165, 1.54) is 17.0 Å². The van der Waals surface area contributed by atoms with E-state index in [2.05, 4.69) is 0 Å². The van der Waals surface area contributed by atoms with Crippen molar-refractivity contribution >= 4 is 11.9 Å². The summed E-state index contributed by atoms with van der Waals surface area (Å²) in [6.45, 7) is 3.68. The molecule has 20 heavy (non-hydrogen) atoms. The maximum Gasteiger partial charge on any atom is 0.325 e. The van der Waals surface area contributed by atoms with Crippen LogP contribution < -0.4 is 0 Å². The Morgan fingerprint density at radius 1 is 1.40 bits per heavy atom. The number of halogens is 1. The zero-order chi connectivity index (χ0) is 14.7. The molecule has 0 radical (unpaired) electrons. The Morgan fingerprint density at radius 3 is 2.70 bits per heavy atom. The monoisotopic (exact) mass is 279 g/mol. The van der Waals surface area contributed by atoms with Crippen LogP contribution in [0, 0.1) is 12.7 Å². The Bertz CT molecular complexity index is 526. The van der Waals surface area contributed by atoms with Crippen molar-refractivity contribution in [3.05, 3.63) is 35.1 Å². The highest BCUT2D eigenvalue weighted by Crippen LogP contribution is 2.28. The first kappa shape index (κ1) is 14.5. The highest BCUT2D eigenvalue weighted by molar-refractivity contribution is 5.97. The van der Waals surface area contributed by atoms with Gasteiger partial charge in [0.1, 0.15) is 12.4 Å². The predicted octanol–water partition coefficient (Wildman–Crippen LogP) is 2.30. The van der Waals surface area contributed by atoms with Gasteiger partial charge in [0.15, 0.2) is 0 Å². The van der Waals surface area contributed by atoms with Gasteiger partial charge in [-0.3, -0.25) is 9.59 Å². The van der Waals surface area contributed by atoms with Crippen LogP contribution in [0.1, 0.15) is 35.7 Å². The Labute approximate surface area is 117 Å². The van der Waals surface area contributed by atoms with Gasteiger partial charge in [0.2, 0.25) is 0 Å². The highest BCUT2D eigenvalue weighted by atomic mass is 19.1. The number of esters is 1. The highest BCUT2D eigenvalue weighted by Gasteiger charge is 2.35. The number of amides is 1. The lowest BCUT2D eigenvalue weighted by Gasteiger charge is -2.22. The number of rotatable bonds is 5. The fourth-order valence-corrected chi connectivity index (χ4v) is 2.08. The number of hydrogen-bond donors (Lipinski definition) is 0. The Kier molecular flexibility index (Phi) is 4.37. The SMILES string of the molecule is CCOC(=O)CN(C(=O)c1cc(F)ccc1C)C1CC1. The van der Waals surface area contributed by atoms with Crippen molar-refractivity contribution in [2.24, 2.45) is 0 Å². The van der Waals surface area contributed by atoms with Crippen LogP contribution in [0.2, 0.25) is 0 Å². The van der Waals surface area contributed by atoms with E-state index in [4.69, 9.17) is 4.74 Å². The second-order valence-corrected chi connectivity index (χ2v) is 4.93. The maximum atomic E-state index is 13.3. The van der Waals surface area contributed by atoms with Gasteiger partial charge in [-0.1, -0.05) is 6.07 Å². The molecule has 2 rings (SSSR count). The molecular formula is C15H18FNO3. The van der Waals surface area contributed by atoms with Crippen LogP contribution in [0.25, 0.3) is 0 Å². The molecule has 0 spiro atoms. The average Bonchev–Trinajstić information content (AvgIpc) is 3.23. The van der Waals surface area contributed by atoms with Gasteiger partial charge in [0, 0.05) is 11.6 Å². The molecule has 1 fully saturated rings. The molecule has 4 nitrogen and oxygen atoms in total. The van der Waals surface area contributed by atoms with Gasteiger partial charge in [-0.05, 0) is 44.4 Å². The van der Waals surface area contributed by atoms with Gasteiger partial charge in [0.25, 0.3) is 5.91 Å². The lowest BCUT2D eigenvalue weighted by Crippen LogP contribution is -2.38. The van der Waals surface area contributed by atoms with Crippen LogP contribution in [0.5, 0.6) is 0 Å². The normalized spacial score (nSPS) is 13.9. The van der Waals surface area contributed by atoms with Gasteiger partial charge in [-0.25, -0.2) is 4.39 Å². The molecule has 1 saturated carbocycles. The quantitative estimate of drug-likeness (QED) is 0.777. The largest absolute Gasteiger partial charge is 0.465 e. The van der Waals surface area contributed by atoms with E-state index < -0.39 is 11.8 Å². The molecule has 0 heterocycles. The van der Waals surface area contributed by atoms with E-state index in [1.807, 2.05) is 0 Å². The molecule has 0 atom stereocenters. The fourth-order valence-electron chi connectivity index (χ4n) is 2.08. The molecule has 5 heteroatoms. The van der Waals surface area contributed by atoms with Crippen LogP contribution in [-0.4, -0.2) is 36.0 Å². The molecule has 0 aromatic heterocycles. The molecular weight excluding hydrogens is 261 g/mol. The summed E-state index contributed by atoms with van der Waals surface area (Å²) in [7, 11) is 0. The molecule has 1 aliphatic rings. The van der Waals surface area contributed by atoms with Crippen LogP contribution in [0.4, 0.5) is 4.39 Å². The Hall–Kier alpha value is -1.91. The van der Waals surface area contributed by atoms with Crippen molar-refractivity contribution in [1.82, 2.24) is 4.90 Å². The molecule has 0 saturated heterocycles. The van der Waals surface area contributed by atoms with Crippen LogP contribution in [0.3, 0.4) is 0 Å². The van der Waals surface area contributed by atoms with Gasteiger partial charge in [-0.2, -0.15) is 0 Å². The smallest absolute Gasteiger partial charge is 0.325 e. The lowest BCUT2D eigenvalue weighted by molar-refractivity contribution is -0.144. The van der Waals surface area contributed by atoms with Crippen LogP contribution in [-0.2, 0) is 9.53 Å². The number of hydrogen-bond acceptors (Lipinski definition) is 3. The predicted molar refractivity (Wildman–Crippen MR) is 71.8 cm³/mol. The van der Waals surface area contributed by atoms with Gasteiger partial charge in [-0.15, -0.1) is 0 Å². The minimum Gasteiger partial charge on any atom is -0.465 e. The van der Waals surface area contributed by atoms with E-state index in [9.17, 15) is 14.0 Å². The van der Waals surface area contributed by atoms with Crippen LogP contribution in [0.15, 0.2) is 18.2 Å². The number of carbonyl (C=O) groups excluding carboxylic acids is 2. The number of benzene rings is 1. The molecule has 0 bridgehead atoms. The Balaban J connectivity index is 2.18. The fraction of sp³-hybridized carbons (Fsp3) is 0.467. The van der Waals surface area contributed by atoms with Crippen molar-refractivity contribution in [2.45, 2.75) is 32.7 Å². The van der Waals surface area contributed by atoms with E-state index in [1.54, 1.807) is 19.9 Å². The van der Waals surface area contributed by atoms with Gasteiger partial charge < -0.3 is 9.64 Å². The summed E-state index contributed by atoms with van der Waals surface area (Å²) in [5, 5.41) is 0. The molecule has 1 aromatic rings. The number of ether oxygens (including phenoxy) is 1. The lowest BCUT2D eigenvalue weighted by atomic mass is 10.1. The molecule has 1 aliphatic carbocycles. The van der Waals surface area contributed by atoms with Crippen molar-refractivity contribution in [3.63, 3.8) is 0 Å². The third-order valence-corrected chi connectivity index (χ3v) is 3.28.